The molecule has 0 saturated heterocycles. The van der Waals surface area contributed by atoms with Gasteiger partial charge in [0, 0.05) is 0 Å². The van der Waals surface area contributed by atoms with Crippen molar-refractivity contribution < 1.29 is 26.7 Å². The van der Waals surface area contributed by atoms with Gasteiger partial charge in [-0.05, 0) is 11.1 Å². The van der Waals surface area contributed by atoms with Crippen LogP contribution in [-0.4, -0.2) is 38.1 Å². The zero-order valence-electron chi connectivity index (χ0n) is 14.4. The molecule has 146 valence electrons. The number of carbonyl (C=O) groups is 1. The maximum Gasteiger partial charge on any atom is 0.357 e. The van der Waals surface area contributed by atoms with Gasteiger partial charge in [0.15, 0.2) is 20.6 Å². The Balaban J connectivity index is 2.10. The minimum absolute atomic E-state index is 0.395. The minimum atomic E-state index is -4.31. The molecule has 0 atom stereocenters. The third kappa shape index (κ3) is 4.12. The number of H-pyrrole nitrogens is 1. The van der Waals surface area contributed by atoms with E-state index < -0.39 is 52.8 Å². The molecule has 0 saturated carbocycles. The van der Waals surface area contributed by atoms with Crippen LogP contribution in [0, 0.1) is 0 Å². The molecule has 3 rings (SSSR count). The van der Waals surface area contributed by atoms with Gasteiger partial charge >= 0.3 is 5.97 Å². The molecule has 2 N–H and O–H groups in total. The number of carboxylic acid groups (broad SMARTS) is 1. The lowest BCUT2D eigenvalue weighted by atomic mass is 10.2. The normalized spacial score (nSPS) is 12.0. The topological polar surface area (TPSA) is 134 Å². The van der Waals surface area contributed by atoms with E-state index in [-0.39, 0.29) is 0 Å². The van der Waals surface area contributed by atoms with Gasteiger partial charge in [-0.1, -0.05) is 60.7 Å². The lowest BCUT2D eigenvalue weighted by Gasteiger charge is -2.08. The Morgan fingerprint density at radius 2 is 1.29 bits per heavy atom. The highest BCUT2D eigenvalue weighted by Gasteiger charge is 2.35. The number of benzene rings is 2. The van der Waals surface area contributed by atoms with E-state index in [9.17, 15) is 26.7 Å². The predicted octanol–water partition coefficient (Wildman–Crippen LogP) is 2.06. The lowest BCUT2D eigenvalue weighted by Crippen LogP contribution is -2.15. The Labute approximate surface area is 161 Å². The highest BCUT2D eigenvalue weighted by molar-refractivity contribution is 7.93. The standard InChI is InChI=1S/C18H16N2O6S2/c21-18(22)15-16(27(23,24)11-13-7-3-1-4-8-13)17(20-19-15)28(25,26)12-14-9-5-2-6-10-14/h1-10H,11-12H2,(H,19,20)(H,21,22). The van der Waals surface area contributed by atoms with Gasteiger partial charge in [-0.2, -0.15) is 5.10 Å². The third-order valence-corrected chi connectivity index (χ3v) is 7.41. The second-order valence-corrected chi connectivity index (χ2v) is 9.88. The van der Waals surface area contributed by atoms with E-state index in [1.165, 1.54) is 0 Å². The molecule has 0 unspecified atom stereocenters. The van der Waals surface area contributed by atoms with Gasteiger partial charge in [-0.25, -0.2) is 21.6 Å². The van der Waals surface area contributed by atoms with Gasteiger partial charge in [0.05, 0.1) is 11.5 Å². The Hall–Kier alpha value is -2.98. The van der Waals surface area contributed by atoms with Crippen LogP contribution < -0.4 is 0 Å². The molecule has 1 heterocycles. The van der Waals surface area contributed by atoms with Crippen LogP contribution in [0.5, 0.6) is 0 Å². The minimum Gasteiger partial charge on any atom is -0.476 e. The average molecular weight is 420 g/mol. The van der Waals surface area contributed by atoms with Gasteiger partial charge < -0.3 is 5.11 Å². The Morgan fingerprint density at radius 1 is 0.821 bits per heavy atom. The monoisotopic (exact) mass is 420 g/mol. The van der Waals surface area contributed by atoms with Crippen molar-refractivity contribution in [3.8, 4) is 0 Å². The van der Waals surface area contributed by atoms with Crippen LogP contribution in [0.3, 0.4) is 0 Å². The molecular weight excluding hydrogens is 404 g/mol. The molecule has 1 aromatic heterocycles. The van der Waals surface area contributed by atoms with E-state index in [1.807, 2.05) is 0 Å². The number of carboxylic acids is 1. The summed E-state index contributed by atoms with van der Waals surface area (Å²) in [5, 5.41) is 14.2. The molecule has 0 radical (unpaired) electrons. The molecule has 0 aliphatic heterocycles. The summed E-state index contributed by atoms with van der Waals surface area (Å²) in [6.45, 7) is 0. The second kappa shape index (κ2) is 7.56. The van der Waals surface area contributed by atoms with Crippen molar-refractivity contribution in [2.75, 3.05) is 0 Å². The van der Waals surface area contributed by atoms with E-state index >= 15 is 0 Å². The average Bonchev–Trinajstić information content (AvgIpc) is 3.10. The van der Waals surface area contributed by atoms with E-state index in [4.69, 9.17) is 0 Å². The Bertz CT molecular complexity index is 1200. The molecule has 0 aliphatic rings. The molecule has 0 spiro atoms. The van der Waals surface area contributed by atoms with Crippen molar-refractivity contribution in [3.05, 3.63) is 77.5 Å². The number of aromatic nitrogens is 2. The summed E-state index contributed by atoms with van der Waals surface area (Å²) in [5.41, 5.74) is -0.0191. The number of nitrogens with zero attached hydrogens (tertiary/aromatic N) is 1. The molecule has 0 fully saturated rings. The largest absolute Gasteiger partial charge is 0.476 e. The molecule has 0 aliphatic carbocycles. The number of sulfone groups is 2. The number of aromatic carboxylic acids is 1. The fraction of sp³-hybridized carbons (Fsp3) is 0.111. The van der Waals surface area contributed by atoms with Crippen molar-refractivity contribution in [2.24, 2.45) is 0 Å². The molecule has 0 bridgehead atoms. The van der Waals surface area contributed by atoms with Gasteiger partial charge in [0.2, 0.25) is 9.84 Å². The number of rotatable bonds is 7. The fourth-order valence-corrected chi connectivity index (χ4v) is 6.32. The van der Waals surface area contributed by atoms with Crippen LogP contribution in [0.4, 0.5) is 0 Å². The lowest BCUT2D eigenvalue weighted by molar-refractivity contribution is 0.0686. The van der Waals surface area contributed by atoms with Crippen LogP contribution in [0.1, 0.15) is 21.6 Å². The zero-order chi connectivity index (χ0) is 20.4. The van der Waals surface area contributed by atoms with Crippen LogP contribution in [0.2, 0.25) is 0 Å². The van der Waals surface area contributed by atoms with E-state index in [0.717, 1.165) is 0 Å². The fourth-order valence-electron chi connectivity index (χ4n) is 2.69. The van der Waals surface area contributed by atoms with E-state index in [1.54, 1.807) is 60.7 Å². The van der Waals surface area contributed by atoms with Gasteiger partial charge in [0.25, 0.3) is 0 Å². The Kier molecular flexibility index (Phi) is 5.34. The molecule has 10 heteroatoms. The van der Waals surface area contributed by atoms with Crippen molar-refractivity contribution >= 4 is 25.6 Å². The second-order valence-electron chi connectivity index (χ2n) is 6.02. The molecule has 0 amide bonds. The van der Waals surface area contributed by atoms with Gasteiger partial charge in [-0.3, -0.25) is 5.10 Å². The van der Waals surface area contributed by atoms with E-state index in [2.05, 4.69) is 10.2 Å². The van der Waals surface area contributed by atoms with Crippen LogP contribution in [-0.2, 0) is 31.2 Å². The van der Waals surface area contributed by atoms with Crippen LogP contribution in [0.15, 0.2) is 70.6 Å². The van der Waals surface area contributed by atoms with Crippen LogP contribution >= 0.6 is 0 Å². The first-order valence-electron chi connectivity index (χ1n) is 8.06. The summed E-state index contributed by atoms with van der Waals surface area (Å²) in [6.07, 6.45) is 0. The first-order chi connectivity index (χ1) is 13.2. The first-order valence-corrected chi connectivity index (χ1v) is 11.4. The highest BCUT2D eigenvalue weighted by Crippen LogP contribution is 2.28. The van der Waals surface area contributed by atoms with Crippen molar-refractivity contribution in [3.63, 3.8) is 0 Å². The molecule has 3 aromatic rings. The maximum atomic E-state index is 12.9. The van der Waals surface area contributed by atoms with Gasteiger partial charge in [-0.15, -0.1) is 0 Å². The molecule has 28 heavy (non-hydrogen) atoms. The number of hydrogen-bond acceptors (Lipinski definition) is 6. The Morgan fingerprint density at radius 3 is 1.75 bits per heavy atom. The summed E-state index contributed by atoms with van der Waals surface area (Å²) in [6, 6.07) is 16.2. The number of hydrogen-bond donors (Lipinski definition) is 2. The van der Waals surface area contributed by atoms with Crippen molar-refractivity contribution in [1.29, 1.82) is 0 Å². The summed E-state index contributed by atoms with van der Waals surface area (Å²) in [7, 11) is -8.50. The van der Waals surface area contributed by atoms with E-state index in [0.29, 0.717) is 11.1 Å². The van der Waals surface area contributed by atoms with Crippen LogP contribution in [0.25, 0.3) is 0 Å². The van der Waals surface area contributed by atoms with Crippen molar-refractivity contribution in [2.45, 2.75) is 21.4 Å². The third-order valence-electron chi connectivity index (χ3n) is 3.91. The zero-order valence-corrected chi connectivity index (χ0v) is 16.1. The summed E-state index contributed by atoms with van der Waals surface area (Å²) < 4.78 is 51.5. The van der Waals surface area contributed by atoms with Crippen molar-refractivity contribution in [1.82, 2.24) is 10.2 Å². The quantitative estimate of drug-likeness (QED) is 0.597. The predicted molar refractivity (Wildman–Crippen MR) is 100 cm³/mol. The highest BCUT2D eigenvalue weighted by atomic mass is 32.2. The first kappa shape index (κ1) is 19.8. The maximum absolute atomic E-state index is 12.9. The summed E-state index contributed by atoms with van der Waals surface area (Å²) in [4.78, 5) is 10.7. The van der Waals surface area contributed by atoms with Gasteiger partial charge in [0.1, 0.15) is 4.90 Å². The summed E-state index contributed by atoms with van der Waals surface area (Å²) >= 11 is 0. The molecule has 2 aromatic carbocycles. The smallest absolute Gasteiger partial charge is 0.357 e. The molecular formula is C18H16N2O6S2. The SMILES string of the molecule is O=C(O)c1n[nH]c(S(=O)(=O)Cc2ccccc2)c1S(=O)(=O)Cc1ccccc1. The number of nitrogens with one attached hydrogen (secondary N) is 1. The summed E-state index contributed by atoms with van der Waals surface area (Å²) in [5.74, 6) is -2.69. The number of aromatic amines is 1. The molecule has 8 nitrogen and oxygen atoms in total.